The second kappa shape index (κ2) is 2.97. The molecule has 0 radical (unpaired) electrons. The fourth-order valence-corrected chi connectivity index (χ4v) is 3.02. The standard InChI is InChI=1S/C12H15NO/c14-12-5-4-10-9-3-1-2-8(6-9)7-11(10)13-12/h2,7,9-10H,1,3-6H2,(H,13,14). The van der Waals surface area contributed by atoms with E-state index in [0.717, 1.165) is 18.8 Å². The predicted octanol–water partition coefficient (Wildman–Crippen LogP) is 2.14. The second-order valence-electron chi connectivity index (χ2n) is 4.61. The van der Waals surface area contributed by atoms with Gasteiger partial charge in [-0.05, 0) is 43.3 Å². The van der Waals surface area contributed by atoms with Gasteiger partial charge in [-0.25, -0.2) is 0 Å². The van der Waals surface area contributed by atoms with Gasteiger partial charge in [-0.1, -0.05) is 6.08 Å². The lowest BCUT2D eigenvalue weighted by Crippen LogP contribution is -2.38. The van der Waals surface area contributed by atoms with Crippen LogP contribution in [0.25, 0.3) is 0 Å². The minimum Gasteiger partial charge on any atom is -0.329 e. The van der Waals surface area contributed by atoms with Crippen molar-refractivity contribution in [2.24, 2.45) is 11.8 Å². The minimum absolute atomic E-state index is 0.202. The number of piperidine rings is 1. The van der Waals surface area contributed by atoms with Crippen LogP contribution < -0.4 is 5.32 Å². The van der Waals surface area contributed by atoms with Gasteiger partial charge in [0, 0.05) is 18.0 Å². The lowest BCUT2D eigenvalue weighted by molar-refractivity contribution is -0.122. The summed E-state index contributed by atoms with van der Waals surface area (Å²) in [6.07, 6.45) is 10.1. The molecule has 1 N–H and O–H groups in total. The summed E-state index contributed by atoms with van der Waals surface area (Å²) in [6, 6.07) is 0. The molecule has 1 fully saturated rings. The van der Waals surface area contributed by atoms with Crippen molar-refractivity contribution in [3.8, 4) is 0 Å². The monoisotopic (exact) mass is 189 g/mol. The van der Waals surface area contributed by atoms with Crippen molar-refractivity contribution in [2.45, 2.75) is 32.1 Å². The first-order valence-electron chi connectivity index (χ1n) is 5.53. The normalized spacial score (nSPS) is 35.3. The molecule has 0 saturated carbocycles. The van der Waals surface area contributed by atoms with E-state index in [0.29, 0.717) is 5.92 Å². The Morgan fingerprint density at radius 3 is 3.21 bits per heavy atom. The van der Waals surface area contributed by atoms with Crippen LogP contribution >= 0.6 is 0 Å². The van der Waals surface area contributed by atoms with Gasteiger partial charge >= 0.3 is 0 Å². The Kier molecular flexibility index (Phi) is 1.76. The molecule has 2 aliphatic carbocycles. The largest absolute Gasteiger partial charge is 0.329 e. The Morgan fingerprint density at radius 2 is 2.29 bits per heavy atom. The van der Waals surface area contributed by atoms with Crippen LogP contribution in [0.2, 0.25) is 0 Å². The average molecular weight is 189 g/mol. The van der Waals surface area contributed by atoms with Crippen LogP contribution in [0.4, 0.5) is 0 Å². The zero-order valence-electron chi connectivity index (χ0n) is 8.25. The summed E-state index contributed by atoms with van der Waals surface area (Å²) in [6.45, 7) is 0. The highest BCUT2D eigenvalue weighted by Gasteiger charge is 2.34. The highest BCUT2D eigenvalue weighted by Crippen LogP contribution is 2.42. The molecule has 0 aromatic heterocycles. The Balaban J connectivity index is 1.97. The number of fused-ring (bicyclic) bond motifs is 4. The fourth-order valence-electron chi connectivity index (χ4n) is 3.02. The second-order valence-corrected chi connectivity index (χ2v) is 4.61. The number of hydrogen-bond donors (Lipinski definition) is 1. The third-order valence-corrected chi connectivity index (χ3v) is 3.72. The number of amides is 1. The van der Waals surface area contributed by atoms with Gasteiger partial charge < -0.3 is 5.32 Å². The molecular weight excluding hydrogens is 174 g/mol. The van der Waals surface area contributed by atoms with E-state index < -0.39 is 0 Å². The fraction of sp³-hybridized carbons (Fsp3) is 0.583. The Labute approximate surface area is 84.1 Å². The Bertz CT molecular complexity index is 340. The van der Waals surface area contributed by atoms with E-state index in [1.54, 1.807) is 0 Å². The number of nitrogens with one attached hydrogen (secondary N) is 1. The molecule has 2 bridgehead atoms. The summed E-state index contributed by atoms with van der Waals surface area (Å²) in [5.74, 6) is 1.65. The first kappa shape index (κ1) is 8.27. The molecule has 14 heavy (non-hydrogen) atoms. The van der Waals surface area contributed by atoms with Crippen molar-refractivity contribution in [2.75, 3.05) is 0 Å². The summed E-state index contributed by atoms with van der Waals surface area (Å²) in [7, 11) is 0. The van der Waals surface area contributed by atoms with E-state index >= 15 is 0 Å². The number of rotatable bonds is 0. The molecule has 1 aliphatic heterocycles. The zero-order valence-corrected chi connectivity index (χ0v) is 8.25. The van der Waals surface area contributed by atoms with Crippen molar-refractivity contribution in [3.63, 3.8) is 0 Å². The van der Waals surface area contributed by atoms with E-state index in [1.807, 2.05) is 0 Å². The first-order valence-corrected chi connectivity index (χ1v) is 5.53. The van der Waals surface area contributed by atoms with E-state index in [9.17, 15) is 4.79 Å². The summed E-state index contributed by atoms with van der Waals surface area (Å²) < 4.78 is 0. The zero-order chi connectivity index (χ0) is 9.54. The van der Waals surface area contributed by atoms with Crippen LogP contribution in [-0.4, -0.2) is 5.91 Å². The molecule has 2 atom stereocenters. The van der Waals surface area contributed by atoms with Crippen molar-refractivity contribution < 1.29 is 4.79 Å². The maximum Gasteiger partial charge on any atom is 0.224 e. The lowest BCUT2D eigenvalue weighted by Gasteiger charge is -2.38. The minimum atomic E-state index is 0.202. The predicted molar refractivity (Wildman–Crippen MR) is 54.4 cm³/mol. The van der Waals surface area contributed by atoms with Crippen LogP contribution in [0, 0.1) is 11.8 Å². The van der Waals surface area contributed by atoms with Gasteiger partial charge in [-0.15, -0.1) is 0 Å². The van der Waals surface area contributed by atoms with Crippen molar-refractivity contribution >= 4 is 5.91 Å². The Hall–Kier alpha value is -1.05. The molecule has 3 rings (SSSR count). The molecule has 1 amide bonds. The molecule has 1 heterocycles. The van der Waals surface area contributed by atoms with Crippen molar-refractivity contribution in [3.05, 3.63) is 23.4 Å². The third-order valence-electron chi connectivity index (χ3n) is 3.72. The highest BCUT2D eigenvalue weighted by atomic mass is 16.1. The van der Waals surface area contributed by atoms with Crippen LogP contribution in [0.5, 0.6) is 0 Å². The summed E-state index contributed by atoms with van der Waals surface area (Å²) in [4.78, 5) is 11.3. The van der Waals surface area contributed by atoms with E-state index in [4.69, 9.17) is 0 Å². The van der Waals surface area contributed by atoms with E-state index in [-0.39, 0.29) is 5.91 Å². The van der Waals surface area contributed by atoms with Gasteiger partial charge in [0.05, 0.1) is 0 Å². The van der Waals surface area contributed by atoms with E-state index in [2.05, 4.69) is 17.5 Å². The third kappa shape index (κ3) is 1.21. The molecule has 3 aliphatic rings. The quantitative estimate of drug-likeness (QED) is 0.621. The highest BCUT2D eigenvalue weighted by molar-refractivity contribution is 5.79. The number of carbonyl (C=O) groups is 1. The van der Waals surface area contributed by atoms with Gasteiger partial charge in [0.15, 0.2) is 0 Å². The maximum atomic E-state index is 11.3. The van der Waals surface area contributed by atoms with Crippen LogP contribution in [0.3, 0.4) is 0 Å². The average Bonchev–Trinajstić information content (AvgIpc) is 2.17. The van der Waals surface area contributed by atoms with Crippen molar-refractivity contribution in [1.82, 2.24) is 5.32 Å². The molecule has 1 saturated heterocycles. The molecule has 2 unspecified atom stereocenters. The van der Waals surface area contributed by atoms with Crippen LogP contribution in [0.15, 0.2) is 23.4 Å². The summed E-state index contributed by atoms with van der Waals surface area (Å²) in [5, 5.41) is 3.03. The number of allylic oxidation sites excluding steroid dienone is 4. The number of carbonyl (C=O) groups excluding carboxylic acids is 1. The van der Waals surface area contributed by atoms with Crippen LogP contribution in [-0.2, 0) is 4.79 Å². The van der Waals surface area contributed by atoms with Gasteiger partial charge in [0.25, 0.3) is 0 Å². The van der Waals surface area contributed by atoms with E-state index in [1.165, 1.54) is 30.5 Å². The molecule has 2 nitrogen and oxygen atoms in total. The van der Waals surface area contributed by atoms with Gasteiger partial charge in [-0.2, -0.15) is 0 Å². The van der Waals surface area contributed by atoms with Crippen molar-refractivity contribution in [1.29, 1.82) is 0 Å². The topological polar surface area (TPSA) is 29.1 Å². The summed E-state index contributed by atoms with van der Waals surface area (Å²) in [5.41, 5.74) is 2.64. The SMILES string of the molecule is O=C1CCC2C(=CC3=CCCC2C3)N1. The molecule has 0 aromatic carbocycles. The van der Waals surface area contributed by atoms with Gasteiger partial charge in [0.1, 0.15) is 0 Å². The van der Waals surface area contributed by atoms with Gasteiger partial charge in [-0.3, -0.25) is 4.79 Å². The Morgan fingerprint density at radius 1 is 1.36 bits per heavy atom. The maximum absolute atomic E-state index is 11.3. The molecule has 74 valence electrons. The smallest absolute Gasteiger partial charge is 0.224 e. The van der Waals surface area contributed by atoms with Gasteiger partial charge in [0.2, 0.25) is 5.91 Å². The molecule has 0 spiro atoms. The molecule has 0 aromatic rings. The van der Waals surface area contributed by atoms with Crippen LogP contribution in [0.1, 0.15) is 32.1 Å². The molecular formula is C12H15NO. The molecule has 2 heteroatoms. The lowest BCUT2D eigenvalue weighted by atomic mass is 9.71. The summed E-state index contributed by atoms with van der Waals surface area (Å²) >= 11 is 0. The first-order chi connectivity index (χ1) is 6.83. The number of hydrogen-bond acceptors (Lipinski definition) is 1.